The standard InChI is InChI=1S/C20H19Cl2N3O/c21-12-1-2-13(17(22)9-12)11-7-14-16-10-23-4-3-18(16)25-6-5-24-20(26)15(8-11)19(14)25/h1-2,7-9,16,18,23H,3-6,10H2,(H,24,26)/t16-,18-/m1/s1. The van der Waals surface area contributed by atoms with Crippen LogP contribution in [0.5, 0.6) is 0 Å². The summed E-state index contributed by atoms with van der Waals surface area (Å²) in [4.78, 5) is 15.2. The summed E-state index contributed by atoms with van der Waals surface area (Å²) in [5, 5.41) is 7.77. The summed E-state index contributed by atoms with van der Waals surface area (Å²) in [6, 6.07) is 10.2. The molecule has 4 nitrogen and oxygen atoms in total. The Morgan fingerprint density at radius 3 is 2.81 bits per heavy atom. The van der Waals surface area contributed by atoms with Crippen LogP contribution < -0.4 is 15.5 Å². The van der Waals surface area contributed by atoms with Gasteiger partial charge in [-0.2, -0.15) is 0 Å². The number of hydrogen-bond acceptors (Lipinski definition) is 3. The molecule has 3 aliphatic rings. The summed E-state index contributed by atoms with van der Waals surface area (Å²) in [7, 11) is 0. The second kappa shape index (κ2) is 6.15. The predicted molar refractivity (Wildman–Crippen MR) is 106 cm³/mol. The van der Waals surface area contributed by atoms with Crippen LogP contribution in [0.3, 0.4) is 0 Å². The number of nitrogens with zero attached hydrogens (tertiary/aromatic N) is 1. The molecule has 0 radical (unpaired) electrons. The summed E-state index contributed by atoms with van der Waals surface area (Å²) >= 11 is 12.5. The molecule has 3 heterocycles. The molecule has 1 amide bonds. The average Bonchev–Trinajstić information content (AvgIpc) is 2.84. The number of halogens is 2. The lowest BCUT2D eigenvalue weighted by molar-refractivity contribution is 0.0957. The molecule has 0 spiro atoms. The van der Waals surface area contributed by atoms with Gasteiger partial charge in [0.15, 0.2) is 0 Å². The first-order valence-corrected chi connectivity index (χ1v) is 9.78. The fraction of sp³-hybridized carbons (Fsp3) is 0.350. The lowest BCUT2D eigenvalue weighted by atomic mass is 9.87. The fourth-order valence-electron chi connectivity index (χ4n) is 4.68. The van der Waals surface area contributed by atoms with E-state index >= 15 is 0 Å². The van der Waals surface area contributed by atoms with Crippen molar-refractivity contribution in [2.45, 2.75) is 18.4 Å². The van der Waals surface area contributed by atoms with Crippen LogP contribution in [0, 0.1) is 0 Å². The van der Waals surface area contributed by atoms with Crippen molar-refractivity contribution in [2.24, 2.45) is 0 Å². The van der Waals surface area contributed by atoms with Crippen LogP contribution in [-0.2, 0) is 0 Å². The Bertz CT molecular complexity index is 914. The van der Waals surface area contributed by atoms with Crippen molar-refractivity contribution in [3.05, 3.63) is 51.5 Å². The Balaban J connectivity index is 1.73. The number of nitrogens with one attached hydrogen (secondary N) is 2. The molecule has 1 saturated heterocycles. The van der Waals surface area contributed by atoms with Gasteiger partial charge in [-0.1, -0.05) is 29.3 Å². The number of rotatable bonds is 1. The Hall–Kier alpha value is -1.75. The van der Waals surface area contributed by atoms with Crippen molar-refractivity contribution in [1.29, 1.82) is 0 Å². The second-order valence-corrected chi connectivity index (χ2v) is 8.05. The van der Waals surface area contributed by atoms with Gasteiger partial charge in [0.05, 0.1) is 11.3 Å². The van der Waals surface area contributed by atoms with E-state index in [-0.39, 0.29) is 5.91 Å². The highest BCUT2D eigenvalue weighted by Crippen LogP contribution is 2.48. The molecule has 5 rings (SSSR count). The lowest BCUT2D eigenvalue weighted by Gasteiger charge is -2.33. The quantitative estimate of drug-likeness (QED) is 0.784. The molecule has 2 aromatic rings. The second-order valence-electron chi connectivity index (χ2n) is 7.20. The van der Waals surface area contributed by atoms with Gasteiger partial charge < -0.3 is 15.5 Å². The fourth-order valence-corrected chi connectivity index (χ4v) is 5.19. The van der Waals surface area contributed by atoms with E-state index in [1.54, 1.807) is 6.07 Å². The molecule has 2 N–H and O–H groups in total. The zero-order chi connectivity index (χ0) is 17.8. The lowest BCUT2D eigenvalue weighted by Crippen LogP contribution is -2.45. The third-order valence-corrected chi connectivity index (χ3v) is 6.34. The molecule has 0 saturated carbocycles. The maximum atomic E-state index is 12.8. The van der Waals surface area contributed by atoms with Crippen molar-refractivity contribution in [3.8, 4) is 11.1 Å². The first-order chi connectivity index (χ1) is 12.6. The molecule has 2 aromatic carbocycles. The van der Waals surface area contributed by atoms with Gasteiger partial charge in [0.2, 0.25) is 0 Å². The maximum absolute atomic E-state index is 12.8. The Labute approximate surface area is 162 Å². The molecular weight excluding hydrogens is 369 g/mol. The van der Waals surface area contributed by atoms with E-state index in [4.69, 9.17) is 23.2 Å². The zero-order valence-electron chi connectivity index (χ0n) is 14.2. The van der Waals surface area contributed by atoms with Gasteiger partial charge >= 0.3 is 0 Å². The number of piperidine rings is 1. The predicted octanol–water partition coefficient (Wildman–Crippen LogP) is 3.67. The van der Waals surface area contributed by atoms with E-state index in [0.717, 1.165) is 48.4 Å². The molecule has 6 heteroatoms. The average molecular weight is 388 g/mol. The van der Waals surface area contributed by atoms with E-state index in [0.29, 0.717) is 28.5 Å². The number of anilines is 1. The highest BCUT2D eigenvalue weighted by molar-refractivity contribution is 6.36. The number of fused-ring (bicyclic) bond motifs is 3. The van der Waals surface area contributed by atoms with E-state index in [2.05, 4.69) is 21.6 Å². The van der Waals surface area contributed by atoms with Gasteiger partial charge in [0, 0.05) is 47.2 Å². The third-order valence-electron chi connectivity index (χ3n) is 5.80. The van der Waals surface area contributed by atoms with Gasteiger partial charge in [-0.3, -0.25) is 4.79 Å². The number of benzene rings is 2. The summed E-state index contributed by atoms with van der Waals surface area (Å²) < 4.78 is 0. The van der Waals surface area contributed by atoms with Crippen LogP contribution in [0.25, 0.3) is 11.1 Å². The highest BCUT2D eigenvalue weighted by atomic mass is 35.5. The zero-order valence-corrected chi connectivity index (χ0v) is 15.7. The number of hydrogen-bond donors (Lipinski definition) is 2. The smallest absolute Gasteiger partial charge is 0.253 e. The molecule has 0 unspecified atom stereocenters. The molecule has 2 atom stereocenters. The van der Waals surface area contributed by atoms with E-state index in [9.17, 15) is 4.79 Å². The minimum atomic E-state index is 0.00212. The molecule has 1 fully saturated rings. The third kappa shape index (κ3) is 2.43. The first kappa shape index (κ1) is 16.4. The normalized spacial score (nSPS) is 23.9. The van der Waals surface area contributed by atoms with Crippen molar-refractivity contribution in [2.75, 3.05) is 31.1 Å². The van der Waals surface area contributed by atoms with Crippen LogP contribution in [-0.4, -0.2) is 38.1 Å². The number of amides is 1. The monoisotopic (exact) mass is 387 g/mol. The molecular formula is C20H19Cl2N3O. The SMILES string of the molecule is O=C1NCCN2c3c1cc(-c1ccc(Cl)cc1Cl)cc3[C@H]1CNCC[C@H]12. The summed E-state index contributed by atoms with van der Waals surface area (Å²) in [6.07, 6.45) is 1.10. The van der Waals surface area contributed by atoms with Gasteiger partial charge in [0.1, 0.15) is 0 Å². The van der Waals surface area contributed by atoms with Crippen molar-refractivity contribution in [1.82, 2.24) is 10.6 Å². The summed E-state index contributed by atoms with van der Waals surface area (Å²) in [5.74, 6) is 0.414. The van der Waals surface area contributed by atoms with Crippen molar-refractivity contribution in [3.63, 3.8) is 0 Å². The molecule has 134 valence electrons. The molecule has 0 aliphatic carbocycles. The Morgan fingerprint density at radius 2 is 1.96 bits per heavy atom. The molecule has 0 aromatic heterocycles. The first-order valence-electron chi connectivity index (χ1n) is 9.02. The van der Waals surface area contributed by atoms with Gasteiger partial charge in [0.25, 0.3) is 5.91 Å². The number of carbonyl (C=O) groups is 1. The van der Waals surface area contributed by atoms with E-state index in [1.165, 1.54) is 5.56 Å². The summed E-state index contributed by atoms with van der Waals surface area (Å²) in [6.45, 7) is 3.53. The maximum Gasteiger partial charge on any atom is 0.253 e. The van der Waals surface area contributed by atoms with Crippen molar-refractivity contribution >= 4 is 34.8 Å². The molecule has 0 bridgehead atoms. The van der Waals surface area contributed by atoms with Crippen molar-refractivity contribution < 1.29 is 4.79 Å². The number of carbonyl (C=O) groups excluding carboxylic acids is 1. The van der Waals surface area contributed by atoms with Crippen LogP contribution in [0.15, 0.2) is 30.3 Å². The largest absolute Gasteiger partial charge is 0.365 e. The highest BCUT2D eigenvalue weighted by Gasteiger charge is 2.43. The van der Waals surface area contributed by atoms with Gasteiger partial charge in [-0.15, -0.1) is 0 Å². The van der Waals surface area contributed by atoms with Gasteiger partial charge in [-0.05, 0) is 48.4 Å². The Morgan fingerprint density at radius 1 is 1.08 bits per heavy atom. The van der Waals surface area contributed by atoms with Crippen LogP contribution in [0.1, 0.15) is 28.3 Å². The van der Waals surface area contributed by atoms with E-state index in [1.807, 2.05) is 18.2 Å². The topological polar surface area (TPSA) is 44.4 Å². The molecule has 26 heavy (non-hydrogen) atoms. The van der Waals surface area contributed by atoms with Crippen LogP contribution in [0.4, 0.5) is 5.69 Å². The van der Waals surface area contributed by atoms with Crippen LogP contribution >= 0.6 is 23.2 Å². The van der Waals surface area contributed by atoms with Gasteiger partial charge in [-0.25, -0.2) is 0 Å². The summed E-state index contributed by atoms with van der Waals surface area (Å²) in [5.41, 5.74) is 5.02. The Kier molecular flexibility index (Phi) is 3.89. The van der Waals surface area contributed by atoms with Crippen LogP contribution in [0.2, 0.25) is 10.0 Å². The minimum absolute atomic E-state index is 0.00212. The molecule has 3 aliphatic heterocycles. The minimum Gasteiger partial charge on any atom is -0.365 e. The van der Waals surface area contributed by atoms with E-state index < -0.39 is 0 Å².